The van der Waals surface area contributed by atoms with Crippen LogP contribution >= 0.6 is 0 Å². The quantitative estimate of drug-likeness (QED) is 0.656. The highest BCUT2D eigenvalue weighted by atomic mass is 32.2. The summed E-state index contributed by atoms with van der Waals surface area (Å²) in [5.74, 6) is 0.298. The maximum absolute atomic E-state index is 12.9. The Hall–Kier alpha value is -2.71. The topological polar surface area (TPSA) is 83.7 Å². The van der Waals surface area contributed by atoms with Crippen LogP contribution in [0.3, 0.4) is 0 Å². The zero-order valence-corrected chi connectivity index (χ0v) is 17.3. The first-order chi connectivity index (χ1) is 13.9. The van der Waals surface area contributed by atoms with E-state index in [-0.39, 0.29) is 29.7 Å². The molecule has 0 bridgehead atoms. The van der Waals surface area contributed by atoms with Gasteiger partial charge in [0.05, 0.1) is 6.42 Å². The molecule has 2 aromatic carbocycles. The van der Waals surface area contributed by atoms with Gasteiger partial charge in [-0.15, -0.1) is 0 Å². The Morgan fingerprint density at radius 1 is 1.03 bits per heavy atom. The Morgan fingerprint density at radius 3 is 2.38 bits per heavy atom. The summed E-state index contributed by atoms with van der Waals surface area (Å²) in [5, 5.41) is 5.99. The molecule has 7 nitrogen and oxygen atoms in total. The fourth-order valence-electron chi connectivity index (χ4n) is 3.79. The molecule has 0 unspecified atom stereocenters. The van der Waals surface area contributed by atoms with Crippen molar-refractivity contribution in [2.24, 2.45) is 0 Å². The van der Waals surface area contributed by atoms with Crippen LogP contribution in [0.2, 0.25) is 0 Å². The molecule has 0 atom stereocenters. The van der Waals surface area contributed by atoms with E-state index in [1.54, 1.807) is 18.7 Å². The molecule has 0 spiro atoms. The molecule has 8 heteroatoms. The number of carbonyl (C=O) groups excluding carboxylic acids is 1. The van der Waals surface area contributed by atoms with Crippen LogP contribution in [-0.2, 0) is 21.2 Å². The first-order valence-corrected chi connectivity index (χ1v) is 11.0. The summed E-state index contributed by atoms with van der Waals surface area (Å²) in [7, 11) is -3.67. The van der Waals surface area contributed by atoms with Gasteiger partial charge in [-0.3, -0.25) is 4.79 Å². The van der Waals surface area contributed by atoms with Crippen LogP contribution in [0.4, 0.5) is 0 Å². The van der Waals surface area contributed by atoms with Gasteiger partial charge in [-0.25, -0.2) is 8.42 Å². The number of benzene rings is 2. The molecule has 3 aromatic rings. The molecular weight excluding hydrogens is 390 g/mol. The predicted octanol–water partition coefficient (Wildman–Crippen LogP) is 2.52. The van der Waals surface area contributed by atoms with Crippen LogP contribution in [0.15, 0.2) is 51.9 Å². The third-order valence-corrected chi connectivity index (χ3v) is 7.47. The van der Waals surface area contributed by atoms with E-state index >= 15 is 0 Å². The van der Waals surface area contributed by atoms with E-state index in [9.17, 15) is 13.2 Å². The number of amides is 1. The maximum Gasteiger partial charge on any atom is 0.248 e. The number of hydrogen-bond donors (Lipinski definition) is 0. The number of nitrogens with zero attached hydrogens (tertiary/aromatic N) is 3. The fourth-order valence-corrected chi connectivity index (χ4v) is 5.50. The van der Waals surface area contributed by atoms with Crippen LogP contribution in [0, 0.1) is 13.8 Å². The number of carbonyl (C=O) groups is 1. The minimum atomic E-state index is -3.67. The first-order valence-electron chi connectivity index (χ1n) is 9.55. The lowest BCUT2D eigenvalue weighted by Gasteiger charge is -2.34. The smallest absolute Gasteiger partial charge is 0.248 e. The lowest BCUT2D eigenvalue weighted by atomic mass is 10.0. The third kappa shape index (κ3) is 3.77. The van der Waals surface area contributed by atoms with Crippen molar-refractivity contribution >= 4 is 26.7 Å². The number of aryl methyl sites for hydroxylation is 2. The Balaban J connectivity index is 1.41. The number of hydrogen-bond acceptors (Lipinski definition) is 5. The summed E-state index contributed by atoms with van der Waals surface area (Å²) < 4.78 is 32.2. The van der Waals surface area contributed by atoms with E-state index in [1.807, 2.05) is 42.5 Å². The maximum atomic E-state index is 12.9. The summed E-state index contributed by atoms with van der Waals surface area (Å²) in [6, 6.07) is 14.1. The van der Waals surface area contributed by atoms with Gasteiger partial charge in [-0.2, -0.15) is 4.31 Å². The van der Waals surface area contributed by atoms with Gasteiger partial charge < -0.3 is 9.42 Å². The number of sulfonamides is 1. The van der Waals surface area contributed by atoms with Gasteiger partial charge in [-0.1, -0.05) is 47.6 Å². The largest absolute Gasteiger partial charge is 0.360 e. The van der Waals surface area contributed by atoms with E-state index in [2.05, 4.69) is 5.16 Å². The van der Waals surface area contributed by atoms with Gasteiger partial charge >= 0.3 is 0 Å². The molecule has 1 amide bonds. The summed E-state index contributed by atoms with van der Waals surface area (Å²) in [6.07, 6.45) is 0.307. The molecule has 0 saturated carbocycles. The third-order valence-electron chi connectivity index (χ3n) is 5.33. The van der Waals surface area contributed by atoms with Gasteiger partial charge in [0.1, 0.15) is 10.6 Å². The summed E-state index contributed by atoms with van der Waals surface area (Å²) >= 11 is 0. The number of rotatable bonds is 4. The van der Waals surface area contributed by atoms with E-state index in [1.165, 1.54) is 4.31 Å². The highest BCUT2D eigenvalue weighted by Gasteiger charge is 2.34. The minimum absolute atomic E-state index is 0.00895. The molecule has 1 aliphatic heterocycles. The molecule has 0 radical (unpaired) electrons. The highest BCUT2D eigenvalue weighted by molar-refractivity contribution is 7.89. The van der Waals surface area contributed by atoms with Crippen LogP contribution in [-0.4, -0.2) is 54.9 Å². The standard InChI is InChI=1S/C21H23N3O4S/c1-15-21(16(2)28-22-15)29(26,27)24-11-9-23(10-12-24)20(25)14-17-7-8-18-5-3-4-6-19(18)13-17/h3-8,13H,9-12,14H2,1-2H3. The molecule has 152 valence electrons. The van der Waals surface area contributed by atoms with Gasteiger partial charge in [0, 0.05) is 26.2 Å². The number of piperazine rings is 1. The molecule has 0 aliphatic carbocycles. The Morgan fingerprint density at radius 2 is 1.72 bits per heavy atom. The van der Waals surface area contributed by atoms with E-state index < -0.39 is 10.0 Å². The second kappa shape index (κ2) is 7.61. The molecule has 1 aromatic heterocycles. The van der Waals surface area contributed by atoms with Crippen LogP contribution in [0.5, 0.6) is 0 Å². The van der Waals surface area contributed by atoms with Gasteiger partial charge in [0.15, 0.2) is 5.76 Å². The normalized spacial score (nSPS) is 15.7. The van der Waals surface area contributed by atoms with Crippen molar-refractivity contribution in [1.82, 2.24) is 14.4 Å². The van der Waals surface area contributed by atoms with Crippen molar-refractivity contribution in [3.05, 3.63) is 59.5 Å². The molecule has 0 N–H and O–H groups in total. The highest BCUT2D eigenvalue weighted by Crippen LogP contribution is 2.24. The molecule has 2 heterocycles. The monoisotopic (exact) mass is 413 g/mol. The average molecular weight is 413 g/mol. The number of fused-ring (bicyclic) bond motifs is 1. The van der Waals surface area contributed by atoms with E-state index in [0.717, 1.165) is 16.3 Å². The zero-order valence-electron chi connectivity index (χ0n) is 16.5. The molecule has 1 aliphatic rings. The molecule has 1 fully saturated rings. The lowest BCUT2D eigenvalue weighted by molar-refractivity contribution is -0.131. The summed E-state index contributed by atoms with van der Waals surface area (Å²) in [5.41, 5.74) is 1.32. The summed E-state index contributed by atoms with van der Waals surface area (Å²) in [6.45, 7) is 4.47. The Kier molecular flexibility index (Phi) is 5.14. The van der Waals surface area contributed by atoms with Crippen molar-refractivity contribution in [2.75, 3.05) is 26.2 Å². The average Bonchev–Trinajstić information content (AvgIpc) is 3.07. The Bertz CT molecular complexity index is 1140. The molecular formula is C21H23N3O4S. The van der Waals surface area contributed by atoms with E-state index in [4.69, 9.17) is 4.52 Å². The van der Waals surface area contributed by atoms with Crippen molar-refractivity contribution in [3.8, 4) is 0 Å². The van der Waals surface area contributed by atoms with Crippen molar-refractivity contribution < 1.29 is 17.7 Å². The zero-order chi connectivity index (χ0) is 20.6. The van der Waals surface area contributed by atoms with Crippen LogP contribution in [0.1, 0.15) is 17.0 Å². The molecule has 4 rings (SSSR count). The molecule has 1 saturated heterocycles. The van der Waals surface area contributed by atoms with Crippen molar-refractivity contribution in [1.29, 1.82) is 0 Å². The van der Waals surface area contributed by atoms with Crippen LogP contribution in [0.25, 0.3) is 10.8 Å². The van der Waals surface area contributed by atoms with Gasteiger partial charge in [0.2, 0.25) is 15.9 Å². The Labute approximate surface area is 169 Å². The second-order valence-electron chi connectivity index (χ2n) is 7.30. The first kappa shape index (κ1) is 19.6. The van der Waals surface area contributed by atoms with Crippen molar-refractivity contribution in [3.63, 3.8) is 0 Å². The molecule has 29 heavy (non-hydrogen) atoms. The number of aromatic nitrogens is 1. The van der Waals surface area contributed by atoms with Gasteiger partial charge in [-0.05, 0) is 30.2 Å². The van der Waals surface area contributed by atoms with E-state index in [0.29, 0.717) is 25.2 Å². The fraction of sp³-hybridized carbons (Fsp3) is 0.333. The second-order valence-corrected chi connectivity index (χ2v) is 9.17. The SMILES string of the molecule is Cc1noc(C)c1S(=O)(=O)N1CCN(C(=O)Cc2ccc3ccccc3c2)CC1. The summed E-state index contributed by atoms with van der Waals surface area (Å²) in [4.78, 5) is 14.6. The van der Waals surface area contributed by atoms with Crippen molar-refractivity contribution in [2.45, 2.75) is 25.2 Å². The predicted molar refractivity (Wildman–Crippen MR) is 109 cm³/mol. The van der Waals surface area contributed by atoms with Crippen LogP contribution < -0.4 is 0 Å². The minimum Gasteiger partial charge on any atom is -0.360 e. The van der Waals surface area contributed by atoms with Gasteiger partial charge in [0.25, 0.3) is 0 Å². The lowest BCUT2D eigenvalue weighted by Crippen LogP contribution is -2.51.